The highest BCUT2D eigenvalue weighted by Gasteiger charge is 2.23. The summed E-state index contributed by atoms with van der Waals surface area (Å²) in [5.41, 5.74) is 13.2. The number of ether oxygens (including phenoxy) is 2. The Hall–Kier alpha value is -3.42. The largest absolute Gasteiger partial charge is 0.397 e. The Labute approximate surface area is 206 Å². The molecule has 2 aliphatic heterocycles. The van der Waals surface area contributed by atoms with Crippen molar-refractivity contribution >= 4 is 28.6 Å². The molecule has 7 nitrogen and oxygen atoms in total. The Morgan fingerprint density at radius 1 is 0.829 bits per heavy atom. The van der Waals surface area contributed by atoms with Gasteiger partial charge in [0.2, 0.25) is 0 Å². The minimum Gasteiger partial charge on any atom is -0.397 e. The van der Waals surface area contributed by atoms with Crippen molar-refractivity contribution in [2.45, 2.75) is 13.3 Å². The minimum atomic E-state index is -0.0427. The zero-order valence-corrected chi connectivity index (χ0v) is 20.2. The summed E-state index contributed by atoms with van der Waals surface area (Å²) < 4.78 is 10.9. The Bertz CT molecular complexity index is 1150. The van der Waals surface area contributed by atoms with E-state index in [1.165, 1.54) is 11.8 Å². The molecular formula is C28H32N4O3. The normalized spacial score (nSPS) is 20.4. The number of morpholine rings is 2. The van der Waals surface area contributed by atoms with Crippen molar-refractivity contribution in [3.8, 4) is 0 Å². The lowest BCUT2D eigenvalue weighted by Gasteiger charge is -2.29. The molecule has 7 heteroatoms. The fraction of sp³-hybridized carbons (Fsp3) is 0.357. The van der Waals surface area contributed by atoms with Gasteiger partial charge in [-0.2, -0.15) is 0 Å². The number of hydrogen-bond acceptors (Lipinski definition) is 7. The summed E-state index contributed by atoms with van der Waals surface area (Å²) in [6.45, 7) is 8.55. The summed E-state index contributed by atoms with van der Waals surface area (Å²) in [4.78, 5) is 22.3. The number of ketones is 1. The molecule has 2 aromatic rings. The van der Waals surface area contributed by atoms with Crippen molar-refractivity contribution in [2.75, 3.05) is 62.4 Å². The fourth-order valence-electron chi connectivity index (χ4n) is 4.75. The van der Waals surface area contributed by atoms with E-state index in [1.807, 2.05) is 19.1 Å². The van der Waals surface area contributed by atoms with Crippen LogP contribution in [0.1, 0.15) is 12.5 Å². The molecule has 2 saturated heterocycles. The smallest absolute Gasteiger partial charge is 0.184 e. The van der Waals surface area contributed by atoms with Gasteiger partial charge in [0.05, 0.1) is 43.5 Å². The van der Waals surface area contributed by atoms with Gasteiger partial charge in [-0.15, -0.1) is 0 Å². The van der Waals surface area contributed by atoms with Crippen LogP contribution in [0.25, 0.3) is 0 Å². The maximum atomic E-state index is 12.8. The zero-order chi connectivity index (χ0) is 24.2. The van der Waals surface area contributed by atoms with Crippen molar-refractivity contribution in [3.63, 3.8) is 0 Å². The van der Waals surface area contributed by atoms with Crippen molar-refractivity contribution in [1.82, 2.24) is 0 Å². The van der Waals surface area contributed by atoms with Crippen LogP contribution < -0.4 is 15.5 Å². The molecule has 2 N–H and O–H groups in total. The van der Waals surface area contributed by atoms with Gasteiger partial charge in [0.1, 0.15) is 0 Å². The van der Waals surface area contributed by atoms with Crippen LogP contribution in [0, 0.1) is 0 Å². The monoisotopic (exact) mass is 472 g/mol. The lowest BCUT2D eigenvalue weighted by Crippen LogP contribution is -2.36. The number of anilines is 2. The number of aliphatic imine (C=N–C) groups is 1. The van der Waals surface area contributed by atoms with E-state index in [0.717, 1.165) is 80.7 Å². The van der Waals surface area contributed by atoms with Crippen molar-refractivity contribution < 1.29 is 14.3 Å². The number of nitrogens with zero attached hydrogens (tertiary/aromatic N) is 3. The highest BCUT2D eigenvalue weighted by molar-refractivity contribution is 6.24. The molecular weight excluding hydrogens is 440 g/mol. The first kappa shape index (κ1) is 23.3. The van der Waals surface area contributed by atoms with Gasteiger partial charge in [0.25, 0.3) is 0 Å². The average Bonchev–Trinajstić information content (AvgIpc) is 2.91. The summed E-state index contributed by atoms with van der Waals surface area (Å²) in [7, 11) is 0. The molecule has 182 valence electrons. The molecule has 0 amide bonds. The second-order valence-corrected chi connectivity index (χ2v) is 9.09. The molecule has 0 aromatic heterocycles. The summed E-state index contributed by atoms with van der Waals surface area (Å²) >= 11 is 0. The number of carbonyl (C=O) groups is 1. The molecule has 2 aromatic carbocycles. The summed E-state index contributed by atoms with van der Waals surface area (Å²) in [6, 6.07) is 16.6. The Kier molecular flexibility index (Phi) is 6.97. The molecule has 0 spiro atoms. The first-order valence-electron chi connectivity index (χ1n) is 12.2. The van der Waals surface area contributed by atoms with Gasteiger partial charge < -0.3 is 25.0 Å². The van der Waals surface area contributed by atoms with E-state index in [-0.39, 0.29) is 5.78 Å². The third-order valence-electron chi connectivity index (χ3n) is 6.83. The van der Waals surface area contributed by atoms with E-state index in [1.54, 1.807) is 0 Å². The lowest BCUT2D eigenvalue weighted by molar-refractivity contribution is -0.111. The maximum absolute atomic E-state index is 12.8. The fourth-order valence-corrected chi connectivity index (χ4v) is 4.75. The van der Waals surface area contributed by atoms with Crippen LogP contribution in [0.4, 0.5) is 17.1 Å². The van der Waals surface area contributed by atoms with Crippen LogP contribution in [0.3, 0.4) is 0 Å². The second-order valence-electron chi connectivity index (χ2n) is 9.09. The van der Waals surface area contributed by atoms with Crippen LogP contribution in [0.15, 0.2) is 76.4 Å². The third kappa shape index (κ3) is 5.31. The molecule has 35 heavy (non-hydrogen) atoms. The van der Waals surface area contributed by atoms with Crippen LogP contribution in [-0.4, -0.2) is 64.1 Å². The van der Waals surface area contributed by atoms with Crippen LogP contribution in [-0.2, 0) is 20.7 Å². The van der Waals surface area contributed by atoms with Crippen LogP contribution in [0.5, 0.6) is 0 Å². The third-order valence-corrected chi connectivity index (χ3v) is 6.83. The second kappa shape index (κ2) is 10.5. The predicted molar refractivity (Wildman–Crippen MR) is 140 cm³/mol. The molecule has 0 bridgehead atoms. The minimum absolute atomic E-state index is 0.0427. The molecule has 5 rings (SSSR count). The number of rotatable bonds is 5. The summed E-state index contributed by atoms with van der Waals surface area (Å²) in [6.07, 6.45) is 2.05. The lowest BCUT2D eigenvalue weighted by atomic mass is 9.89. The van der Waals surface area contributed by atoms with Gasteiger partial charge in [-0.1, -0.05) is 12.1 Å². The van der Waals surface area contributed by atoms with E-state index >= 15 is 0 Å². The van der Waals surface area contributed by atoms with Gasteiger partial charge in [0.15, 0.2) is 5.78 Å². The number of benzene rings is 2. The number of allylic oxidation sites excluding steroid dienone is 3. The van der Waals surface area contributed by atoms with Crippen molar-refractivity contribution in [3.05, 3.63) is 77.0 Å². The van der Waals surface area contributed by atoms with E-state index in [2.05, 4.69) is 46.2 Å². The summed E-state index contributed by atoms with van der Waals surface area (Å²) in [5.74, 6) is -0.0427. The van der Waals surface area contributed by atoms with E-state index < -0.39 is 0 Å². The van der Waals surface area contributed by atoms with Gasteiger partial charge in [-0.05, 0) is 54.5 Å². The topological polar surface area (TPSA) is 80.4 Å². The number of nitrogens with two attached hydrogens (primary N) is 1. The quantitative estimate of drug-likeness (QED) is 0.672. The Morgan fingerprint density at radius 3 is 1.89 bits per heavy atom. The van der Waals surface area contributed by atoms with E-state index in [9.17, 15) is 4.79 Å². The SMILES string of the molecule is CC1=C(Cc2ccc(N3CCOCC3)cc2)C(=O)C=C(N)C1=Nc1ccc(N2CCOCC2)cc1. The molecule has 1 aliphatic carbocycles. The first-order chi connectivity index (χ1) is 17.1. The van der Waals surface area contributed by atoms with Gasteiger partial charge in [-0.25, -0.2) is 4.99 Å². The first-order valence-corrected chi connectivity index (χ1v) is 12.2. The van der Waals surface area contributed by atoms with Gasteiger partial charge in [-0.3, -0.25) is 4.79 Å². The molecule has 0 unspecified atom stereocenters. The molecule has 2 heterocycles. The van der Waals surface area contributed by atoms with Crippen molar-refractivity contribution in [1.29, 1.82) is 0 Å². The van der Waals surface area contributed by atoms with Gasteiger partial charge >= 0.3 is 0 Å². The molecule has 0 atom stereocenters. The highest BCUT2D eigenvalue weighted by atomic mass is 16.5. The number of hydrogen-bond donors (Lipinski definition) is 1. The van der Waals surface area contributed by atoms with Gasteiger partial charge in [0, 0.05) is 55.6 Å². The highest BCUT2D eigenvalue weighted by Crippen LogP contribution is 2.27. The molecule has 2 fully saturated rings. The van der Waals surface area contributed by atoms with Crippen LogP contribution >= 0.6 is 0 Å². The maximum Gasteiger partial charge on any atom is 0.184 e. The molecule has 0 saturated carbocycles. The number of carbonyl (C=O) groups excluding carboxylic acids is 1. The predicted octanol–water partition coefficient (Wildman–Crippen LogP) is 3.42. The van der Waals surface area contributed by atoms with Crippen LogP contribution in [0.2, 0.25) is 0 Å². The standard InChI is InChI=1S/C28H32N4O3/c1-20-25(18-21-2-6-23(7-3-21)31-10-14-34-15-11-31)27(33)19-26(29)28(20)30-22-4-8-24(9-5-22)32-12-16-35-17-13-32/h2-9,19H,10-18,29H2,1H3. The Balaban J connectivity index is 1.34. The Morgan fingerprint density at radius 2 is 1.34 bits per heavy atom. The van der Waals surface area contributed by atoms with Crippen molar-refractivity contribution in [2.24, 2.45) is 10.7 Å². The average molecular weight is 473 g/mol. The van der Waals surface area contributed by atoms with E-state index in [0.29, 0.717) is 17.8 Å². The summed E-state index contributed by atoms with van der Waals surface area (Å²) in [5, 5.41) is 0. The molecule has 0 radical (unpaired) electrons. The molecule has 3 aliphatic rings. The zero-order valence-electron chi connectivity index (χ0n) is 20.2. The van der Waals surface area contributed by atoms with E-state index in [4.69, 9.17) is 20.2 Å².